The van der Waals surface area contributed by atoms with Gasteiger partial charge in [0.1, 0.15) is 0 Å². The standard InChI is InChI=1S/C16H18ClN3OS/c1-11-10-22-16(18-11)19-15(21)13-6-7-20(9-13)8-12-4-2-3-5-14(12)17/h2-5,10,13H,6-9H2,1H3,(H,18,19,21)/t13-/m0/s1. The Morgan fingerprint density at radius 1 is 1.50 bits per heavy atom. The van der Waals surface area contributed by atoms with Crippen LogP contribution in [0.15, 0.2) is 29.6 Å². The van der Waals surface area contributed by atoms with Crippen LogP contribution in [0.1, 0.15) is 17.7 Å². The van der Waals surface area contributed by atoms with Gasteiger partial charge < -0.3 is 5.32 Å². The number of amides is 1. The predicted octanol–water partition coefficient (Wildman–Crippen LogP) is 3.57. The van der Waals surface area contributed by atoms with Gasteiger partial charge in [-0.2, -0.15) is 0 Å². The minimum absolute atomic E-state index is 0.0201. The van der Waals surface area contributed by atoms with Crippen LogP contribution in [0.2, 0.25) is 5.02 Å². The van der Waals surface area contributed by atoms with Crippen LogP contribution in [-0.4, -0.2) is 28.9 Å². The first-order valence-electron chi connectivity index (χ1n) is 7.30. The molecule has 1 aromatic heterocycles. The Labute approximate surface area is 139 Å². The second kappa shape index (κ2) is 6.77. The molecule has 1 saturated heterocycles. The first-order chi connectivity index (χ1) is 10.6. The smallest absolute Gasteiger partial charge is 0.230 e. The number of aromatic nitrogens is 1. The molecule has 1 aliphatic heterocycles. The molecule has 1 amide bonds. The summed E-state index contributed by atoms with van der Waals surface area (Å²) in [6, 6.07) is 7.87. The number of carbonyl (C=O) groups is 1. The monoisotopic (exact) mass is 335 g/mol. The van der Waals surface area contributed by atoms with Crippen LogP contribution in [0.3, 0.4) is 0 Å². The molecule has 1 atom stereocenters. The number of carbonyl (C=O) groups excluding carboxylic acids is 1. The van der Waals surface area contributed by atoms with Crippen LogP contribution < -0.4 is 5.32 Å². The van der Waals surface area contributed by atoms with E-state index >= 15 is 0 Å². The van der Waals surface area contributed by atoms with E-state index in [1.165, 1.54) is 11.3 Å². The van der Waals surface area contributed by atoms with E-state index in [0.717, 1.165) is 42.3 Å². The lowest BCUT2D eigenvalue weighted by Gasteiger charge is -2.16. The number of halogens is 1. The SMILES string of the molecule is Cc1csc(NC(=O)[C@H]2CCN(Cc3ccccc3Cl)C2)n1. The van der Waals surface area contributed by atoms with Crippen LogP contribution in [0, 0.1) is 12.8 Å². The summed E-state index contributed by atoms with van der Waals surface area (Å²) in [5.41, 5.74) is 2.05. The molecule has 0 spiro atoms. The van der Waals surface area contributed by atoms with E-state index < -0.39 is 0 Å². The Morgan fingerprint density at radius 3 is 3.05 bits per heavy atom. The maximum absolute atomic E-state index is 12.3. The lowest BCUT2D eigenvalue weighted by Crippen LogP contribution is -2.27. The Kier molecular flexibility index (Phi) is 4.76. The number of rotatable bonds is 4. The van der Waals surface area contributed by atoms with Gasteiger partial charge in [-0.15, -0.1) is 11.3 Å². The molecule has 1 aromatic carbocycles. The minimum atomic E-state index is 0.0201. The molecule has 2 aromatic rings. The second-order valence-corrected chi connectivity index (χ2v) is 6.86. The third kappa shape index (κ3) is 3.66. The van der Waals surface area contributed by atoms with Crippen molar-refractivity contribution in [3.8, 4) is 0 Å². The van der Waals surface area contributed by atoms with Gasteiger partial charge in [0.05, 0.1) is 11.6 Å². The molecular formula is C16H18ClN3OS. The van der Waals surface area contributed by atoms with Crippen molar-refractivity contribution in [1.29, 1.82) is 0 Å². The van der Waals surface area contributed by atoms with E-state index in [4.69, 9.17) is 11.6 Å². The van der Waals surface area contributed by atoms with Crippen LogP contribution >= 0.6 is 22.9 Å². The Balaban J connectivity index is 1.55. The number of thiazole rings is 1. The number of nitrogens with one attached hydrogen (secondary N) is 1. The van der Waals surface area contributed by atoms with Gasteiger partial charge in [0, 0.05) is 23.5 Å². The lowest BCUT2D eigenvalue weighted by atomic mass is 10.1. The minimum Gasteiger partial charge on any atom is -0.302 e. The summed E-state index contributed by atoms with van der Waals surface area (Å²) in [6.07, 6.45) is 0.876. The second-order valence-electron chi connectivity index (χ2n) is 5.60. The summed E-state index contributed by atoms with van der Waals surface area (Å²) in [5, 5.41) is 6.33. The van der Waals surface area contributed by atoms with Gasteiger partial charge in [-0.05, 0) is 31.5 Å². The molecule has 4 nitrogen and oxygen atoms in total. The molecule has 0 saturated carbocycles. The number of likely N-dealkylation sites (tertiary alicyclic amines) is 1. The zero-order chi connectivity index (χ0) is 15.5. The Bertz CT molecular complexity index is 673. The summed E-state index contributed by atoms with van der Waals surface area (Å²) in [5.74, 6) is 0.0858. The van der Waals surface area contributed by atoms with Gasteiger partial charge in [0.2, 0.25) is 5.91 Å². The zero-order valence-electron chi connectivity index (χ0n) is 12.4. The van der Waals surface area contributed by atoms with Gasteiger partial charge in [0.15, 0.2) is 5.13 Å². The highest BCUT2D eigenvalue weighted by Gasteiger charge is 2.28. The molecule has 0 bridgehead atoms. The molecule has 2 heterocycles. The molecule has 22 heavy (non-hydrogen) atoms. The van der Waals surface area contributed by atoms with Crippen molar-refractivity contribution in [2.75, 3.05) is 18.4 Å². The number of benzene rings is 1. The Morgan fingerprint density at radius 2 is 2.32 bits per heavy atom. The third-order valence-corrected chi connectivity index (χ3v) is 5.09. The van der Waals surface area contributed by atoms with Crippen LogP contribution in [-0.2, 0) is 11.3 Å². The van der Waals surface area contributed by atoms with Crippen molar-refractivity contribution < 1.29 is 4.79 Å². The topological polar surface area (TPSA) is 45.2 Å². The van der Waals surface area contributed by atoms with Gasteiger partial charge in [0.25, 0.3) is 0 Å². The van der Waals surface area contributed by atoms with Gasteiger partial charge >= 0.3 is 0 Å². The van der Waals surface area contributed by atoms with E-state index in [-0.39, 0.29) is 11.8 Å². The molecule has 0 radical (unpaired) electrons. The quantitative estimate of drug-likeness (QED) is 0.929. The maximum atomic E-state index is 12.3. The number of hydrogen-bond acceptors (Lipinski definition) is 4. The number of aryl methyl sites for hydroxylation is 1. The number of hydrogen-bond donors (Lipinski definition) is 1. The van der Waals surface area contributed by atoms with Gasteiger partial charge in [-0.25, -0.2) is 4.98 Å². The Hall–Kier alpha value is -1.43. The summed E-state index contributed by atoms with van der Waals surface area (Å²) in [4.78, 5) is 18.8. The van der Waals surface area contributed by atoms with Crippen molar-refractivity contribution in [2.45, 2.75) is 19.9 Å². The molecule has 3 rings (SSSR count). The fraction of sp³-hybridized carbons (Fsp3) is 0.375. The highest BCUT2D eigenvalue weighted by molar-refractivity contribution is 7.13. The highest BCUT2D eigenvalue weighted by atomic mass is 35.5. The number of anilines is 1. The lowest BCUT2D eigenvalue weighted by molar-refractivity contribution is -0.119. The van der Waals surface area contributed by atoms with Crippen LogP contribution in [0.4, 0.5) is 5.13 Å². The van der Waals surface area contributed by atoms with Gasteiger partial charge in [-0.3, -0.25) is 9.69 Å². The summed E-state index contributed by atoms with van der Waals surface area (Å²) in [6.45, 7) is 4.40. The summed E-state index contributed by atoms with van der Waals surface area (Å²) < 4.78 is 0. The molecule has 0 unspecified atom stereocenters. The van der Waals surface area contributed by atoms with Crippen molar-refractivity contribution in [3.05, 3.63) is 45.9 Å². The van der Waals surface area contributed by atoms with Crippen LogP contribution in [0.5, 0.6) is 0 Å². The van der Waals surface area contributed by atoms with E-state index in [0.29, 0.717) is 5.13 Å². The predicted molar refractivity (Wildman–Crippen MR) is 90.3 cm³/mol. The maximum Gasteiger partial charge on any atom is 0.230 e. The van der Waals surface area contributed by atoms with E-state index in [2.05, 4.69) is 15.2 Å². The molecule has 6 heteroatoms. The molecule has 116 valence electrons. The summed E-state index contributed by atoms with van der Waals surface area (Å²) >= 11 is 7.67. The first-order valence-corrected chi connectivity index (χ1v) is 8.56. The van der Waals surface area contributed by atoms with Crippen molar-refractivity contribution in [1.82, 2.24) is 9.88 Å². The molecule has 1 N–H and O–H groups in total. The van der Waals surface area contributed by atoms with E-state index in [1.54, 1.807) is 0 Å². The fourth-order valence-corrected chi connectivity index (χ4v) is 3.56. The highest BCUT2D eigenvalue weighted by Crippen LogP contribution is 2.24. The molecular weight excluding hydrogens is 318 g/mol. The molecule has 1 fully saturated rings. The van der Waals surface area contributed by atoms with E-state index in [9.17, 15) is 4.79 Å². The average Bonchev–Trinajstić information content (AvgIpc) is 3.11. The fourth-order valence-electron chi connectivity index (χ4n) is 2.68. The third-order valence-electron chi connectivity index (χ3n) is 3.84. The first kappa shape index (κ1) is 15.5. The molecule has 0 aliphatic carbocycles. The van der Waals surface area contributed by atoms with Crippen molar-refractivity contribution >= 4 is 34.0 Å². The zero-order valence-corrected chi connectivity index (χ0v) is 14.0. The van der Waals surface area contributed by atoms with Gasteiger partial charge in [-0.1, -0.05) is 29.8 Å². The summed E-state index contributed by atoms with van der Waals surface area (Å²) in [7, 11) is 0. The van der Waals surface area contributed by atoms with Crippen LogP contribution in [0.25, 0.3) is 0 Å². The van der Waals surface area contributed by atoms with Crippen molar-refractivity contribution in [3.63, 3.8) is 0 Å². The van der Waals surface area contributed by atoms with Crippen molar-refractivity contribution in [2.24, 2.45) is 5.92 Å². The average molecular weight is 336 g/mol. The normalized spacial score (nSPS) is 18.5. The molecule has 1 aliphatic rings. The number of nitrogens with zero attached hydrogens (tertiary/aromatic N) is 2. The largest absolute Gasteiger partial charge is 0.302 e. The van der Waals surface area contributed by atoms with E-state index in [1.807, 2.05) is 36.6 Å².